The summed E-state index contributed by atoms with van der Waals surface area (Å²) in [4.78, 5) is 19.0. The average Bonchev–Trinajstić information content (AvgIpc) is 2.76. The van der Waals surface area contributed by atoms with Gasteiger partial charge in [0.1, 0.15) is 5.82 Å². The molecule has 2 N–H and O–H groups in total. The van der Waals surface area contributed by atoms with E-state index in [0.717, 1.165) is 36.9 Å². The topological polar surface area (TPSA) is 57.3 Å². The first-order chi connectivity index (χ1) is 14.3. The minimum Gasteiger partial charge on any atom is -0.357 e. The molecule has 2 aromatic carbocycles. The molecule has 5 heteroatoms. The molecule has 1 aliphatic rings. The van der Waals surface area contributed by atoms with Gasteiger partial charge < -0.3 is 15.5 Å². The number of nitrogens with one attached hydrogen (secondary N) is 2. The lowest BCUT2D eigenvalue weighted by atomic mass is 9.90. The highest BCUT2D eigenvalue weighted by Crippen LogP contribution is 2.25. The van der Waals surface area contributed by atoms with Gasteiger partial charge in [0.05, 0.1) is 11.9 Å². The summed E-state index contributed by atoms with van der Waals surface area (Å²) in [6.07, 6.45) is 5.23. The highest BCUT2D eigenvalue weighted by atomic mass is 16.2. The molecule has 0 bridgehead atoms. The summed E-state index contributed by atoms with van der Waals surface area (Å²) in [6.45, 7) is 2.04. The van der Waals surface area contributed by atoms with E-state index >= 15 is 0 Å². The number of carbonyl (C=O) groups excluding carboxylic acids is 1. The number of aromatic nitrogens is 1. The van der Waals surface area contributed by atoms with Gasteiger partial charge in [-0.25, -0.2) is 9.78 Å². The molecule has 1 aromatic heterocycles. The third-order valence-corrected chi connectivity index (χ3v) is 5.34. The first-order valence-corrected chi connectivity index (χ1v) is 10.1. The van der Waals surface area contributed by atoms with Crippen molar-refractivity contribution >= 4 is 23.2 Å². The Labute approximate surface area is 171 Å². The van der Waals surface area contributed by atoms with Crippen molar-refractivity contribution in [3.05, 3.63) is 84.6 Å². The summed E-state index contributed by atoms with van der Waals surface area (Å²) in [6, 6.07) is 23.7. The lowest BCUT2D eigenvalue weighted by Gasteiger charge is -2.33. The van der Waals surface area contributed by atoms with Crippen LogP contribution in [0.3, 0.4) is 0 Å². The van der Waals surface area contributed by atoms with Crippen LogP contribution in [0.1, 0.15) is 18.4 Å². The van der Waals surface area contributed by atoms with E-state index in [4.69, 9.17) is 0 Å². The van der Waals surface area contributed by atoms with Crippen LogP contribution in [0.25, 0.3) is 0 Å². The molecule has 0 radical (unpaired) electrons. The van der Waals surface area contributed by atoms with E-state index in [1.54, 1.807) is 6.20 Å². The van der Waals surface area contributed by atoms with Gasteiger partial charge in [0, 0.05) is 18.8 Å². The Balaban J connectivity index is 1.27. The molecule has 29 heavy (non-hydrogen) atoms. The zero-order chi connectivity index (χ0) is 19.9. The summed E-state index contributed by atoms with van der Waals surface area (Å²) >= 11 is 0. The predicted molar refractivity (Wildman–Crippen MR) is 118 cm³/mol. The Kier molecular flexibility index (Phi) is 6.05. The molecule has 0 aliphatic carbocycles. The maximum Gasteiger partial charge on any atom is 0.323 e. The van der Waals surface area contributed by atoms with E-state index in [1.807, 2.05) is 42.5 Å². The van der Waals surface area contributed by atoms with Gasteiger partial charge in [0.25, 0.3) is 0 Å². The Bertz CT molecular complexity index is 905. The molecule has 148 valence electrons. The molecule has 1 aliphatic heterocycles. The van der Waals surface area contributed by atoms with Crippen molar-refractivity contribution in [3.8, 4) is 0 Å². The second kappa shape index (κ2) is 9.24. The highest BCUT2D eigenvalue weighted by molar-refractivity contribution is 5.99. The van der Waals surface area contributed by atoms with Gasteiger partial charge in [0.15, 0.2) is 0 Å². The summed E-state index contributed by atoms with van der Waals surface area (Å²) in [5.74, 6) is 1.70. The van der Waals surface area contributed by atoms with E-state index in [0.29, 0.717) is 5.69 Å². The molecular weight excluding hydrogens is 360 g/mol. The van der Waals surface area contributed by atoms with Crippen molar-refractivity contribution < 1.29 is 4.79 Å². The van der Waals surface area contributed by atoms with Crippen LogP contribution >= 0.6 is 0 Å². The van der Waals surface area contributed by atoms with Crippen LogP contribution in [0.15, 0.2) is 79.0 Å². The molecule has 5 nitrogen and oxygen atoms in total. The Hall–Kier alpha value is -3.34. The fraction of sp³-hybridized carbons (Fsp3) is 0.250. The van der Waals surface area contributed by atoms with Gasteiger partial charge in [-0.05, 0) is 55.0 Å². The average molecular weight is 386 g/mol. The lowest BCUT2D eigenvalue weighted by Crippen LogP contribution is -2.34. The zero-order valence-electron chi connectivity index (χ0n) is 16.4. The fourth-order valence-corrected chi connectivity index (χ4v) is 3.78. The first-order valence-electron chi connectivity index (χ1n) is 10.1. The third kappa shape index (κ3) is 5.35. The van der Waals surface area contributed by atoms with Crippen molar-refractivity contribution in [1.82, 2.24) is 4.98 Å². The molecule has 0 spiro atoms. The molecule has 0 saturated carbocycles. The summed E-state index contributed by atoms with van der Waals surface area (Å²) in [7, 11) is 0. The number of pyridine rings is 1. The van der Waals surface area contributed by atoms with Crippen LogP contribution in [0.5, 0.6) is 0 Å². The van der Waals surface area contributed by atoms with E-state index in [1.165, 1.54) is 18.4 Å². The number of amides is 2. The van der Waals surface area contributed by atoms with Gasteiger partial charge in [-0.2, -0.15) is 0 Å². The predicted octanol–water partition coefficient (Wildman–Crippen LogP) is 5.18. The van der Waals surface area contributed by atoms with Crippen molar-refractivity contribution in [1.29, 1.82) is 0 Å². The number of para-hydroxylation sites is 1. The van der Waals surface area contributed by atoms with E-state index in [-0.39, 0.29) is 6.03 Å². The minimum absolute atomic E-state index is 0.271. The second-order valence-corrected chi connectivity index (χ2v) is 7.47. The van der Waals surface area contributed by atoms with Crippen LogP contribution in [-0.4, -0.2) is 24.1 Å². The smallest absolute Gasteiger partial charge is 0.323 e. The van der Waals surface area contributed by atoms with Crippen LogP contribution in [-0.2, 0) is 6.42 Å². The molecule has 1 saturated heterocycles. The maximum absolute atomic E-state index is 12.1. The Morgan fingerprint density at radius 2 is 1.52 bits per heavy atom. The summed E-state index contributed by atoms with van der Waals surface area (Å²) < 4.78 is 0. The van der Waals surface area contributed by atoms with E-state index in [9.17, 15) is 4.79 Å². The number of hydrogen-bond acceptors (Lipinski definition) is 3. The van der Waals surface area contributed by atoms with E-state index < -0.39 is 0 Å². The standard InChI is InChI=1S/C24H26N4O/c29-24(26-21-9-5-2-6-10-21)27-22-11-12-23(25-18-22)28-15-13-20(14-16-28)17-19-7-3-1-4-8-19/h1-12,18,20H,13-17H2,(H2,26,27,29). The molecular formula is C24H26N4O. The molecule has 0 atom stereocenters. The monoisotopic (exact) mass is 386 g/mol. The molecule has 2 amide bonds. The quantitative estimate of drug-likeness (QED) is 0.635. The molecule has 0 unspecified atom stereocenters. The van der Waals surface area contributed by atoms with Crippen molar-refractivity contribution in [2.45, 2.75) is 19.3 Å². The van der Waals surface area contributed by atoms with E-state index in [2.05, 4.69) is 50.8 Å². The van der Waals surface area contributed by atoms with Crippen LogP contribution in [0.4, 0.5) is 22.0 Å². The SMILES string of the molecule is O=C(Nc1ccccc1)Nc1ccc(N2CCC(Cc3ccccc3)CC2)nc1. The van der Waals surface area contributed by atoms with Gasteiger partial charge in [-0.3, -0.25) is 0 Å². The first kappa shape index (κ1) is 19.0. The second-order valence-electron chi connectivity index (χ2n) is 7.47. The number of carbonyl (C=O) groups is 1. The number of urea groups is 1. The molecule has 3 aromatic rings. The Morgan fingerprint density at radius 3 is 2.17 bits per heavy atom. The third-order valence-electron chi connectivity index (χ3n) is 5.34. The maximum atomic E-state index is 12.1. The van der Waals surface area contributed by atoms with Crippen LogP contribution < -0.4 is 15.5 Å². The summed E-state index contributed by atoms with van der Waals surface area (Å²) in [5.41, 5.74) is 2.86. The van der Waals surface area contributed by atoms with Gasteiger partial charge in [-0.1, -0.05) is 48.5 Å². The number of benzene rings is 2. The van der Waals surface area contributed by atoms with Gasteiger partial charge in [0.2, 0.25) is 0 Å². The molecule has 4 rings (SSSR count). The number of nitrogens with zero attached hydrogens (tertiary/aromatic N) is 2. The minimum atomic E-state index is -0.271. The molecule has 1 fully saturated rings. The summed E-state index contributed by atoms with van der Waals surface area (Å²) in [5, 5.41) is 5.63. The number of rotatable bonds is 5. The lowest BCUT2D eigenvalue weighted by molar-refractivity contribution is 0.262. The van der Waals surface area contributed by atoms with Crippen molar-refractivity contribution in [2.24, 2.45) is 5.92 Å². The number of piperidine rings is 1. The highest BCUT2D eigenvalue weighted by Gasteiger charge is 2.20. The van der Waals surface area contributed by atoms with Crippen molar-refractivity contribution in [2.75, 3.05) is 28.6 Å². The van der Waals surface area contributed by atoms with Gasteiger partial charge >= 0.3 is 6.03 Å². The Morgan fingerprint density at radius 1 is 0.862 bits per heavy atom. The largest absolute Gasteiger partial charge is 0.357 e. The number of hydrogen-bond donors (Lipinski definition) is 2. The molecule has 2 heterocycles. The normalized spacial score (nSPS) is 14.4. The fourth-order valence-electron chi connectivity index (χ4n) is 3.78. The van der Waals surface area contributed by atoms with Gasteiger partial charge in [-0.15, -0.1) is 0 Å². The van der Waals surface area contributed by atoms with Crippen LogP contribution in [0, 0.1) is 5.92 Å². The number of anilines is 3. The van der Waals surface area contributed by atoms with Crippen molar-refractivity contribution in [3.63, 3.8) is 0 Å². The zero-order valence-corrected chi connectivity index (χ0v) is 16.4. The van der Waals surface area contributed by atoms with Crippen LogP contribution in [0.2, 0.25) is 0 Å².